The molecule has 0 aromatic heterocycles. The summed E-state index contributed by atoms with van der Waals surface area (Å²) in [6.07, 6.45) is 0. The lowest BCUT2D eigenvalue weighted by atomic mass is 10.8. The molecule has 0 rings (SSSR count). The minimum absolute atomic E-state index is 0.194. The van der Waals surface area contributed by atoms with Gasteiger partial charge in [-0.3, -0.25) is 0 Å². The van der Waals surface area contributed by atoms with Gasteiger partial charge in [0.25, 0.3) is 0 Å². The second-order valence-corrected chi connectivity index (χ2v) is 2.53. The van der Waals surface area contributed by atoms with Crippen molar-refractivity contribution in [2.45, 2.75) is 0 Å². The molecule has 0 amide bonds. The summed E-state index contributed by atoms with van der Waals surface area (Å²) in [6, 6.07) is 0. The molecule has 0 aliphatic carbocycles. The summed E-state index contributed by atoms with van der Waals surface area (Å²) in [4.78, 5) is 0. The monoisotopic (exact) mass is 109 g/mol. The summed E-state index contributed by atoms with van der Waals surface area (Å²) in [7, 11) is 4.15. The number of hydrogen-bond donors (Lipinski definition) is 0. The Balaban J connectivity index is 3.60. The van der Waals surface area contributed by atoms with E-state index in [1.165, 1.54) is 0 Å². The van der Waals surface area contributed by atoms with E-state index in [-0.39, 0.29) is 10.8 Å². The zero-order chi connectivity index (χ0) is 4.28. The third-order valence-electron chi connectivity index (χ3n) is 0.0712. The first-order valence-electron chi connectivity index (χ1n) is 0.776. The van der Waals surface area contributed by atoms with E-state index in [2.05, 4.69) is 7.57 Å². The van der Waals surface area contributed by atoms with Crippen LogP contribution in [0.1, 0.15) is 0 Å². The highest BCUT2D eigenvalue weighted by Crippen LogP contribution is 2.11. The molecule has 0 N–H and O–H groups in total. The zero-order valence-electron chi connectivity index (χ0n) is 2.22. The molecule has 0 aliphatic heterocycles. The van der Waals surface area contributed by atoms with Gasteiger partial charge in [-0.1, -0.05) is 0 Å². The van der Waals surface area contributed by atoms with E-state index < -0.39 is 6.89 Å². The molecule has 1 unspecified atom stereocenters. The van der Waals surface area contributed by atoms with Crippen LogP contribution in [0.3, 0.4) is 0 Å². The molecule has 5 heteroatoms. The van der Waals surface area contributed by atoms with Crippen LogP contribution in [-0.4, -0.2) is 11.8 Å². The molecule has 26 valence electrons. The van der Waals surface area contributed by atoms with Gasteiger partial charge in [-0.15, -0.1) is 0 Å². The van der Waals surface area contributed by atoms with E-state index in [1.54, 1.807) is 0 Å². The highest BCUT2D eigenvalue weighted by molar-refractivity contribution is 8.16. The second-order valence-electron chi connectivity index (χ2n) is 0.347. The Morgan fingerprint density at radius 1 is 2.00 bits per heavy atom. The maximum atomic E-state index is 10.9. The minimum atomic E-state index is -2.24. The SMILES string of the molecule is [B][P+](F)=S=O. The molecule has 0 saturated heterocycles. The van der Waals surface area contributed by atoms with Crippen LogP contribution < -0.4 is 0 Å². The van der Waals surface area contributed by atoms with Crippen molar-refractivity contribution in [2.24, 2.45) is 0 Å². The number of hydrogen-bond acceptors (Lipinski definition) is 1. The molecule has 1 nitrogen and oxygen atoms in total. The van der Waals surface area contributed by atoms with Gasteiger partial charge in [-0.05, 0) is 4.20 Å². The highest BCUT2D eigenvalue weighted by Gasteiger charge is 1.93. The van der Waals surface area contributed by atoms with Crippen molar-refractivity contribution in [1.29, 1.82) is 0 Å². The summed E-state index contributed by atoms with van der Waals surface area (Å²) < 4.78 is 20.0. The van der Waals surface area contributed by atoms with Gasteiger partial charge < -0.3 is 0 Å². The van der Waals surface area contributed by atoms with Crippen LogP contribution >= 0.6 is 6.89 Å². The maximum absolute atomic E-state index is 10.9. The van der Waals surface area contributed by atoms with Crippen LogP contribution in [-0.2, 0) is 10.8 Å². The Morgan fingerprint density at radius 2 is 2.20 bits per heavy atom. The first kappa shape index (κ1) is 5.31. The van der Waals surface area contributed by atoms with Gasteiger partial charge in [0, 0.05) is 0 Å². The lowest BCUT2D eigenvalue weighted by Crippen LogP contribution is -1.34. The molecular weight excluding hydrogens is 109 g/mol. The molecule has 0 bridgehead atoms. The van der Waals surface area contributed by atoms with Gasteiger partial charge >= 0.3 is 25.3 Å². The van der Waals surface area contributed by atoms with Crippen molar-refractivity contribution in [3.63, 3.8) is 0 Å². The fourth-order valence-electron chi connectivity index (χ4n) is 0. The third kappa shape index (κ3) is 4.31. The zero-order valence-corrected chi connectivity index (χ0v) is 3.93. The molecule has 0 fully saturated rings. The van der Waals surface area contributed by atoms with Crippen LogP contribution in [0.15, 0.2) is 0 Å². The molecule has 0 saturated carbocycles. The summed E-state index contributed by atoms with van der Waals surface area (Å²) in [5.74, 6) is 0. The molecule has 0 heterocycles. The van der Waals surface area contributed by atoms with Gasteiger partial charge in [0.15, 0.2) is 0 Å². The van der Waals surface area contributed by atoms with Crippen molar-refractivity contribution in [2.75, 3.05) is 0 Å². The van der Waals surface area contributed by atoms with Crippen molar-refractivity contribution in [1.82, 2.24) is 0 Å². The van der Waals surface area contributed by atoms with Crippen molar-refractivity contribution >= 4 is 25.3 Å². The van der Waals surface area contributed by atoms with E-state index in [1.807, 2.05) is 0 Å². The van der Waals surface area contributed by atoms with Crippen molar-refractivity contribution in [3.05, 3.63) is 0 Å². The van der Waals surface area contributed by atoms with Crippen molar-refractivity contribution < 1.29 is 8.41 Å². The fraction of sp³-hybridized carbons (Fsp3) is 0. The van der Waals surface area contributed by atoms with E-state index in [0.29, 0.717) is 0 Å². The number of rotatable bonds is 0. The van der Waals surface area contributed by atoms with E-state index >= 15 is 0 Å². The molecular formula is BFOPS+. The van der Waals surface area contributed by atoms with Crippen molar-refractivity contribution in [3.8, 4) is 0 Å². The van der Waals surface area contributed by atoms with E-state index in [0.717, 1.165) is 0 Å². The molecule has 0 spiro atoms. The predicted octanol–water partition coefficient (Wildman–Crippen LogP) is 0.564. The maximum Gasteiger partial charge on any atom is 0.521 e. The van der Waals surface area contributed by atoms with Gasteiger partial charge in [0.1, 0.15) is 0 Å². The quantitative estimate of drug-likeness (QED) is 0.328. The fourth-order valence-corrected chi connectivity index (χ4v) is 0. The minimum Gasteiger partial charge on any atom is -0.164 e. The first-order valence-corrected chi connectivity index (χ1v) is 3.42. The molecule has 0 aliphatic rings. The normalized spacial score (nSPS) is 10.2. The Hall–Kier alpha value is 0.315. The highest BCUT2D eigenvalue weighted by atomic mass is 32.5. The molecule has 1 atom stereocenters. The van der Waals surface area contributed by atoms with E-state index in [4.69, 9.17) is 4.21 Å². The van der Waals surface area contributed by atoms with Gasteiger partial charge in [-0.2, -0.15) is 4.21 Å². The Kier molecular flexibility index (Phi) is 2.71. The second kappa shape index (κ2) is 2.55. The molecule has 0 aromatic rings. The average molecular weight is 109 g/mol. The Bertz CT molecular complexity index is 71.7. The van der Waals surface area contributed by atoms with Gasteiger partial charge in [0.05, 0.1) is 0 Å². The summed E-state index contributed by atoms with van der Waals surface area (Å²) >= 11 is 0. The lowest BCUT2D eigenvalue weighted by Gasteiger charge is -1.35. The summed E-state index contributed by atoms with van der Waals surface area (Å²) in [5, 5.41) is 0. The summed E-state index contributed by atoms with van der Waals surface area (Å²) in [6.45, 7) is -2.24. The molecule has 2 radical (unpaired) electrons. The first-order chi connectivity index (χ1) is 2.27. The van der Waals surface area contributed by atoms with E-state index in [9.17, 15) is 4.20 Å². The molecule has 0 aromatic carbocycles. The standard InChI is InChI=1S/BFOPS/c1-4(2)5-3/q+1. The number of halogens is 1. The van der Waals surface area contributed by atoms with Crippen LogP contribution in [0.5, 0.6) is 0 Å². The average Bonchev–Trinajstić information content (AvgIpc) is 1.38. The van der Waals surface area contributed by atoms with Crippen LogP contribution in [0.2, 0.25) is 0 Å². The Labute approximate surface area is 34.6 Å². The van der Waals surface area contributed by atoms with Gasteiger partial charge in [-0.25, -0.2) is 0 Å². The third-order valence-corrected chi connectivity index (χ3v) is 0.641. The summed E-state index contributed by atoms with van der Waals surface area (Å²) in [5.41, 5.74) is 0. The van der Waals surface area contributed by atoms with Gasteiger partial charge in [0.2, 0.25) is 0 Å². The predicted molar refractivity (Wildman–Crippen MR) is 21.9 cm³/mol. The Morgan fingerprint density at radius 3 is 2.20 bits per heavy atom. The van der Waals surface area contributed by atoms with Crippen LogP contribution in [0, 0.1) is 0 Å². The lowest BCUT2D eigenvalue weighted by molar-refractivity contribution is 0.701. The smallest absolute Gasteiger partial charge is 0.164 e. The van der Waals surface area contributed by atoms with Crippen LogP contribution in [0.4, 0.5) is 4.20 Å². The van der Waals surface area contributed by atoms with Crippen LogP contribution in [0.25, 0.3) is 0 Å². The molecule has 5 heavy (non-hydrogen) atoms. The largest absolute Gasteiger partial charge is 0.521 e. The topological polar surface area (TPSA) is 17.1 Å².